The third-order valence-corrected chi connectivity index (χ3v) is 3.44. The Morgan fingerprint density at radius 1 is 1.33 bits per heavy atom. The maximum atomic E-state index is 8.51. The number of hydrogen-bond acceptors (Lipinski definition) is 2. The average Bonchev–Trinajstić information content (AvgIpc) is 2.31. The highest BCUT2D eigenvalue weighted by atomic mass is 14.9. The summed E-state index contributed by atoms with van der Waals surface area (Å²) < 4.78 is 0. The van der Waals surface area contributed by atoms with Crippen molar-refractivity contribution in [2.75, 3.05) is 13.1 Å². The van der Waals surface area contributed by atoms with E-state index in [1.54, 1.807) is 12.4 Å². The minimum atomic E-state index is -0.467. The highest BCUT2D eigenvalue weighted by molar-refractivity contribution is 5.21. The van der Waals surface area contributed by atoms with Gasteiger partial charge < -0.3 is 5.32 Å². The Balaban J connectivity index is 2.18. The van der Waals surface area contributed by atoms with Gasteiger partial charge in [0.2, 0.25) is 0 Å². The Morgan fingerprint density at radius 2 is 1.93 bits per heavy atom. The van der Waals surface area contributed by atoms with Crippen molar-refractivity contribution in [1.82, 2.24) is 16.0 Å². The molecule has 1 aromatic rings. The minimum Gasteiger partial charge on any atom is -0.317 e. The maximum absolute atomic E-state index is 8.51. The van der Waals surface area contributed by atoms with E-state index in [-0.39, 0.29) is 0 Å². The Bertz CT molecular complexity index is 302. The Morgan fingerprint density at radius 3 is 2.53 bits per heavy atom. The van der Waals surface area contributed by atoms with Crippen LogP contribution in [-0.4, -0.2) is 18.1 Å². The van der Waals surface area contributed by atoms with Crippen LogP contribution in [0.5, 0.6) is 0 Å². The number of aromatic nitrogens is 1. The maximum Gasteiger partial charge on any atom is 0.0574 e. The van der Waals surface area contributed by atoms with Crippen LogP contribution in [0.4, 0.5) is 0 Å². The van der Waals surface area contributed by atoms with E-state index in [1.165, 1.54) is 0 Å². The molecule has 1 saturated heterocycles. The normalized spacial score (nSPS) is 22.3. The summed E-state index contributed by atoms with van der Waals surface area (Å²) in [5.74, 6) is 0.459. The number of hydrogen-bond donors (Lipinski definition) is 1. The van der Waals surface area contributed by atoms with Crippen molar-refractivity contribution >= 4 is 0 Å². The first-order valence-electron chi connectivity index (χ1n) is 5.57. The van der Waals surface area contributed by atoms with Crippen LogP contribution in [0.3, 0.4) is 0 Å². The molecule has 1 unspecified atom stereocenters. The first-order chi connectivity index (χ1) is 7.21. The number of rotatable bonds is 2. The fraction of sp³-hybridized carbons (Fsp3) is 0.583. The quantitative estimate of drug-likeness (QED) is 0.795. The minimum absolute atomic E-state index is 0.459. The third-order valence-electron chi connectivity index (χ3n) is 3.44. The van der Waals surface area contributed by atoms with Gasteiger partial charge in [-0.05, 0) is 56.5 Å². The second kappa shape index (κ2) is 4.29. The lowest BCUT2D eigenvalue weighted by Gasteiger charge is -2.36. The fourth-order valence-electron chi connectivity index (χ4n) is 2.33. The highest BCUT2D eigenvalue weighted by Gasteiger charge is 2.33. The van der Waals surface area contributed by atoms with Crippen LogP contribution in [0, 0.1) is 5.92 Å². The van der Waals surface area contributed by atoms with Gasteiger partial charge in [-0.25, -0.2) is 5.73 Å². The zero-order valence-electron chi connectivity index (χ0n) is 9.16. The molecular formula is C12H18N3. The van der Waals surface area contributed by atoms with Gasteiger partial charge in [0.1, 0.15) is 0 Å². The van der Waals surface area contributed by atoms with E-state index >= 15 is 0 Å². The largest absolute Gasteiger partial charge is 0.317 e. The smallest absolute Gasteiger partial charge is 0.0574 e. The van der Waals surface area contributed by atoms with E-state index in [0.717, 1.165) is 31.5 Å². The Hall–Kier alpha value is -0.930. The molecule has 0 saturated carbocycles. The van der Waals surface area contributed by atoms with Crippen molar-refractivity contribution in [3.05, 3.63) is 30.1 Å². The van der Waals surface area contributed by atoms with E-state index in [1.807, 2.05) is 19.1 Å². The molecule has 1 aromatic heterocycles. The molecule has 81 valence electrons. The van der Waals surface area contributed by atoms with E-state index in [2.05, 4.69) is 10.3 Å². The molecule has 2 heterocycles. The zero-order valence-corrected chi connectivity index (χ0v) is 9.16. The van der Waals surface area contributed by atoms with Crippen LogP contribution in [0.1, 0.15) is 25.3 Å². The van der Waals surface area contributed by atoms with Gasteiger partial charge in [-0.1, -0.05) is 0 Å². The second-order valence-corrected chi connectivity index (χ2v) is 4.46. The van der Waals surface area contributed by atoms with Crippen LogP contribution in [0.2, 0.25) is 0 Å². The molecule has 2 rings (SSSR count). The number of piperidine rings is 1. The van der Waals surface area contributed by atoms with Gasteiger partial charge in [0.05, 0.1) is 5.54 Å². The van der Waals surface area contributed by atoms with Gasteiger partial charge >= 0.3 is 0 Å². The SMILES string of the molecule is CC([NH])(c1ccncc1)C1CCNCC1. The molecule has 1 radical (unpaired) electrons. The Kier molecular flexibility index (Phi) is 3.03. The predicted octanol–water partition coefficient (Wildman–Crippen LogP) is 1.58. The molecule has 3 heteroatoms. The van der Waals surface area contributed by atoms with Gasteiger partial charge in [0.25, 0.3) is 0 Å². The number of nitrogens with one attached hydrogen (secondary N) is 2. The van der Waals surface area contributed by atoms with Crippen molar-refractivity contribution in [3.63, 3.8) is 0 Å². The molecule has 3 nitrogen and oxygen atoms in total. The summed E-state index contributed by atoms with van der Waals surface area (Å²) in [6, 6.07) is 3.93. The van der Waals surface area contributed by atoms with Crippen LogP contribution >= 0.6 is 0 Å². The van der Waals surface area contributed by atoms with E-state index < -0.39 is 5.54 Å². The summed E-state index contributed by atoms with van der Waals surface area (Å²) in [6.45, 7) is 4.12. The van der Waals surface area contributed by atoms with Crippen molar-refractivity contribution in [2.24, 2.45) is 5.92 Å². The van der Waals surface area contributed by atoms with Crippen LogP contribution in [-0.2, 0) is 5.54 Å². The summed E-state index contributed by atoms with van der Waals surface area (Å²) in [6.07, 6.45) is 5.76. The predicted molar refractivity (Wildman–Crippen MR) is 60.3 cm³/mol. The van der Waals surface area contributed by atoms with Gasteiger partial charge in [0, 0.05) is 12.4 Å². The highest BCUT2D eigenvalue weighted by Crippen LogP contribution is 2.33. The average molecular weight is 204 g/mol. The first-order valence-corrected chi connectivity index (χ1v) is 5.57. The molecule has 1 fully saturated rings. The molecule has 1 atom stereocenters. The van der Waals surface area contributed by atoms with Gasteiger partial charge in [-0.3, -0.25) is 4.98 Å². The monoisotopic (exact) mass is 204 g/mol. The van der Waals surface area contributed by atoms with Crippen molar-refractivity contribution < 1.29 is 0 Å². The summed E-state index contributed by atoms with van der Waals surface area (Å²) in [5, 5.41) is 3.34. The van der Waals surface area contributed by atoms with Gasteiger partial charge in [0.15, 0.2) is 0 Å². The van der Waals surface area contributed by atoms with Crippen LogP contribution < -0.4 is 11.1 Å². The molecule has 0 amide bonds. The van der Waals surface area contributed by atoms with Crippen LogP contribution in [0.15, 0.2) is 24.5 Å². The summed E-state index contributed by atoms with van der Waals surface area (Å²) >= 11 is 0. The van der Waals surface area contributed by atoms with Crippen molar-refractivity contribution in [2.45, 2.75) is 25.3 Å². The molecule has 15 heavy (non-hydrogen) atoms. The summed E-state index contributed by atoms with van der Waals surface area (Å²) in [5.41, 5.74) is 9.13. The first kappa shape index (κ1) is 10.6. The molecule has 0 bridgehead atoms. The van der Waals surface area contributed by atoms with E-state index in [4.69, 9.17) is 5.73 Å². The number of nitrogens with zero attached hydrogens (tertiary/aromatic N) is 1. The topological polar surface area (TPSA) is 48.7 Å². The number of pyridine rings is 1. The van der Waals surface area contributed by atoms with E-state index in [9.17, 15) is 0 Å². The molecule has 0 aliphatic carbocycles. The molecule has 1 aliphatic rings. The lowest BCUT2D eigenvalue weighted by molar-refractivity contribution is 0.226. The lowest BCUT2D eigenvalue weighted by Crippen LogP contribution is -2.40. The third kappa shape index (κ3) is 2.19. The van der Waals surface area contributed by atoms with Crippen LogP contribution in [0.25, 0.3) is 0 Å². The molecule has 1 aliphatic heterocycles. The molecule has 2 N–H and O–H groups in total. The van der Waals surface area contributed by atoms with E-state index in [0.29, 0.717) is 5.92 Å². The Labute approximate surface area is 91.1 Å². The zero-order chi connectivity index (χ0) is 10.7. The summed E-state index contributed by atoms with van der Waals surface area (Å²) in [7, 11) is 0. The lowest BCUT2D eigenvalue weighted by atomic mass is 9.76. The molecule has 0 spiro atoms. The van der Waals surface area contributed by atoms with Gasteiger partial charge in [-0.2, -0.15) is 0 Å². The summed E-state index contributed by atoms with van der Waals surface area (Å²) in [4.78, 5) is 4.01. The standard InChI is InChI=1S/C12H18N3/c1-12(13,10-2-6-14-7-3-10)11-4-8-15-9-5-11/h2-3,6-7,11,13,15H,4-5,8-9H2,1H3. The fourth-order valence-corrected chi connectivity index (χ4v) is 2.33. The molecular weight excluding hydrogens is 186 g/mol. The molecule has 0 aromatic carbocycles. The van der Waals surface area contributed by atoms with Crippen molar-refractivity contribution in [3.8, 4) is 0 Å². The second-order valence-electron chi connectivity index (χ2n) is 4.46. The van der Waals surface area contributed by atoms with Gasteiger partial charge in [-0.15, -0.1) is 0 Å². The van der Waals surface area contributed by atoms with Crippen molar-refractivity contribution in [1.29, 1.82) is 0 Å².